The lowest BCUT2D eigenvalue weighted by Crippen LogP contribution is -2.15. The van der Waals surface area contributed by atoms with Crippen LogP contribution < -0.4 is 4.74 Å². The Morgan fingerprint density at radius 3 is 2.58 bits per heavy atom. The zero-order chi connectivity index (χ0) is 14.0. The highest BCUT2D eigenvalue weighted by Gasteiger charge is 2.26. The number of carbonyl (C=O) groups excluding carboxylic acids is 1. The van der Waals surface area contributed by atoms with Gasteiger partial charge in [-0.25, -0.2) is 4.79 Å². The number of ether oxygens (including phenoxy) is 1. The van der Waals surface area contributed by atoms with Gasteiger partial charge in [0, 0.05) is 12.4 Å². The minimum atomic E-state index is -1.09. The summed E-state index contributed by atoms with van der Waals surface area (Å²) in [5.74, 6) is -1.55. The van der Waals surface area contributed by atoms with E-state index in [4.69, 9.17) is 4.74 Å². The first kappa shape index (κ1) is 13.2. The van der Waals surface area contributed by atoms with E-state index in [9.17, 15) is 19.3 Å². The first-order chi connectivity index (χ1) is 9.00. The van der Waals surface area contributed by atoms with E-state index in [1.807, 2.05) is 0 Å². The smallest absolute Gasteiger partial charge is 0.402 e. The second-order valence-corrected chi connectivity index (χ2v) is 4.28. The van der Waals surface area contributed by atoms with Crippen LogP contribution in [-0.4, -0.2) is 15.6 Å². The molecule has 8 heteroatoms. The molecule has 19 heavy (non-hydrogen) atoms. The van der Waals surface area contributed by atoms with Crippen molar-refractivity contribution in [3.63, 3.8) is 0 Å². The van der Waals surface area contributed by atoms with Crippen LogP contribution in [0.15, 0.2) is 41.1 Å². The second-order valence-electron chi connectivity index (χ2n) is 3.42. The molecule has 0 unspecified atom stereocenters. The average Bonchev–Trinajstić information content (AvgIpc) is 2.87. The summed E-state index contributed by atoms with van der Waals surface area (Å²) in [4.78, 5) is 21.5. The summed E-state index contributed by atoms with van der Waals surface area (Å²) in [6.45, 7) is 0. The second kappa shape index (κ2) is 5.19. The monoisotopic (exact) mass is 328 g/mol. The maximum Gasteiger partial charge on any atom is 0.423 e. The molecule has 98 valence electrons. The Morgan fingerprint density at radius 1 is 1.37 bits per heavy atom. The van der Waals surface area contributed by atoms with Crippen LogP contribution in [0.5, 0.6) is 5.75 Å². The zero-order valence-corrected chi connectivity index (χ0v) is 10.8. The Kier molecular flexibility index (Phi) is 3.61. The van der Waals surface area contributed by atoms with Gasteiger partial charge in [0.1, 0.15) is 0 Å². The number of nitro benzene ring substituents is 1. The predicted octanol–water partition coefficient (Wildman–Crippen LogP) is 3.35. The molecule has 1 aromatic carbocycles. The number of hydrogen-bond acceptors (Lipinski definition) is 4. The number of nitrogens with zero attached hydrogens (tertiary/aromatic N) is 2. The van der Waals surface area contributed by atoms with Gasteiger partial charge < -0.3 is 4.74 Å². The van der Waals surface area contributed by atoms with Gasteiger partial charge in [0.2, 0.25) is 11.6 Å². The van der Waals surface area contributed by atoms with Gasteiger partial charge in [0.15, 0.2) is 0 Å². The van der Waals surface area contributed by atoms with Gasteiger partial charge in [0.05, 0.1) is 9.40 Å². The summed E-state index contributed by atoms with van der Waals surface area (Å²) in [6, 6.07) is 5.53. The van der Waals surface area contributed by atoms with Crippen LogP contribution in [0, 0.1) is 15.9 Å². The van der Waals surface area contributed by atoms with E-state index in [0.717, 1.165) is 10.6 Å². The van der Waals surface area contributed by atoms with Crippen molar-refractivity contribution in [1.82, 2.24) is 4.57 Å². The van der Waals surface area contributed by atoms with Crippen LogP contribution in [0.2, 0.25) is 0 Å². The summed E-state index contributed by atoms with van der Waals surface area (Å²) >= 11 is 2.83. The third-order valence-electron chi connectivity index (χ3n) is 2.23. The summed E-state index contributed by atoms with van der Waals surface area (Å²) in [5, 5.41) is 10.8. The topological polar surface area (TPSA) is 74.4 Å². The van der Waals surface area contributed by atoms with Gasteiger partial charge >= 0.3 is 11.8 Å². The Bertz CT molecular complexity index is 642. The van der Waals surface area contributed by atoms with Crippen molar-refractivity contribution in [2.45, 2.75) is 0 Å². The lowest BCUT2D eigenvalue weighted by atomic mass is 10.3. The number of rotatable bonds is 2. The largest absolute Gasteiger partial charge is 0.423 e. The molecule has 6 nitrogen and oxygen atoms in total. The van der Waals surface area contributed by atoms with Gasteiger partial charge in [-0.1, -0.05) is 0 Å². The number of carbonyl (C=O) groups is 1. The van der Waals surface area contributed by atoms with Gasteiger partial charge in [-0.05, 0) is 40.2 Å². The third-order valence-corrected chi connectivity index (χ3v) is 2.84. The number of nitro groups is 1. The van der Waals surface area contributed by atoms with Gasteiger partial charge in [-0.15, -0.1) is 0 Å². The fraction of sp³-hybridized carbons (Fsp3) is 0. The number of aromatic nitrogens is 1. The number of benzene rings is 1. The molecule has 0 aliphatic heterocycles. The fourth-order valence-corrected chi connectivity index (χ4v) is 1.70. The van der Waals surface area contributed by atoms with Gasteiger partial charge in [0.25, 0.3) is 0 Å². The Labute approximate surface area is 114 Å². The maximum atomic E-state index is 13.6. The molecule has 0 saturated heterocycles. The molecule has 0 radical (unpaired) electrons. The van der Waals surface area contributed by atoms with Crippen LogP contribution in [0.1, 0.15) is 0 Å². The molecule has 2 rings (SSSR count). The van der Waals surface area contributed by atoms with Crippen molar-refractivity contribution in [1.29, 1.82) is 0 Å². The van der Waals surface area contributed by atoms with Crippen molar-refractivity contribution >= 4 is 27.7 Å². The average molecular weight is 329 g/mol. The van der Waals surface area contributed by atoms with E-state index in [0.29, 0.717) is 0 Å². The molecule has 0 aliphatic carbocycles. The molecule has 0 fully saturated rings. The van der Waals surface area contributed by atoms with Crippen LogP contribution in [0.3, 0.4) is 0 Å². The third kappa shape index (κ3) is 2.63. The van der Waals surface area contributed by atoms with E-state index in [1.165, 1.54) is 18.5 Å². The summed E-state index contributed by atoms with van der Waals surface area (Å²) in [6.07, 6.45) is 1.95. The van der Waals surface area contributed by atoms with Crippen molar-refractivity contribution in [3.05, 3.63) is 57.1 Å². The van der Waals surface area contributed by atoms with E-state index in [2.05, 4.69) is 15.9 Å². The highest BCUT2D eigenvalue weighted by molar-refractivity contribution is 9.10. The van der Waals surface area contributed by atoms with Crippen LogP contribution in [0.25, 0.3) is 0 Å². The van der Waals surface area contributed by atoms with Crippen LogP contribution in [-0.2, 0) is 0 Å². The number of halogens is 2. The quantitative estimate of drug-likeness (QED) is 0.625. The molecule has 0 amide bonds. The standard InChI is InChI=1S/C11H6BrFN2O4/c12-7-3-4-8(10(9(7)13)15(17)18)19-11(16)14-5-1-2-6-14/h1-6H. The molecule has 0 bridgehead atoms. The molecular formula is C11H6BrFN2O4. The molecule has 0 N–H and O–H groups in total. The Hall–Kier alpha value is -2.22. The molecule has 2 aromatic rings. The fourth-order valence-electron chi connectivity index (χ4n) is 1.38. The van der Waals surface area contributed by atoms with Crippen LogP contribution >= 0.6 is 15.9 Å². The highest BCUT2D eigenvalue weighted by Crippen LogP contribution is 2.34. The summed E-state index contributed by atoms with van der Waals surface area (Å²) < 4.78 is 19.4. The lowest BCUT2D eigenvalue weighted by molar-refractivity contribution is -0.388. The number of hydrogen-bond donors (Lipinski definition) is 0. The molecular weight excluding hydrogens is 323 g/mol. The molecule has 1 heterocycles. The van der Waals surface area contributed by atoms with E-state index in [1.54, 1.807) is 12.1 Å². The van der Waals surface area contributed by atoms with Gasteiger partial charge in [-0.2, -0.15) is 4.39 Å². The van der Waals surface area contributed by atoms with Crippen molar-refractivity contribution < 1.29 is 18.8 Å². The van der Waals surface area contributed by atoms with Crippen molar-refractivity contribution in [3.8, 4) is 5.75 Å². The lowest BCUT2D eigenvalue weighted by Gasteiger charge is -2.06. The Balaban J connectivity index is 2.38. The predicted molar refractivity (Wildman–Crippen MR) is 66.6 cm³/mol. The summed E-state index contributed by atoms with van der Waals surface area (Å²) in [5.41, 5.74) is -0.894. The summed E-state index contributed by atoms with van der Waals surface area (Å²) in [7, 11) is 0. The van der Waals surface area contributed by atoms with E-state index in [-0.39, 0.29) is 4.47 Å². The van der Waals surface area contributed by atoms with Crippen LogP contribution in [0.4, 0.5) is 14.9 Å². The minimum absolute atomic E-state index is 0.0834. The van der Waals surface area contributed by atoms with Crippen molar-refractivity contribution in [2.24, 2.45) is 0 Å². The first-order valence-corrected chi connectivity index (χ1v) is 5.77. The van der Waals surface area contributed by atoms with Gasteiger partial charge in [-0.3, -0.25) is 14.7 Å². The zero-order valence-electron chi connectivity index (χ0n) is 9.25. The molecule has 0 aliphatic rings. The minimum Gasteiger partial charge on any atom is -0.402 e. The van der Waals surface area contributed by atoms with E-state index < -0.39 is 28.3 Å². The molecule has 1 aromatic heterocycles. The molecule has 0 spiro atoms. The highest BCUT2D eigenvalue weighted by atomic mass is 79.9. The normalized spacial score (nSPS) is 10.2. The first-order valence-electron chi connectivity index (χ1n) is 4.98. The maximum absolute atomic E-state index is 13.6. The molecule has 0 atom stereocenters. The van der Waals surface area contributed by atoms with Crippen molar-refractivity contribution in [2.75, 3.05) is 0 Å². The molecule has 0 saturated carbocycles. The van der Waals surface area contributed by atoms with E-state index >= 15 is 0 Å². The Morgan fingerprint density at radius 2 is 2.00 bits per heavy atom. The SMILES string of the molecule is O=C(Oc1ccc(Br)c(F)c1[N+](=O)[O-])n1cccc1.